The SMILES string of the molecule is CSCC[C@@H](N)CNc1nc(-c2ccccc2O)nc2ccccc12. The number of hydrogen-bond acceptors (Lipinski definition) is 6. The summed E-state index contributed by atoms with van der Waals surface area (Å²) in [5.41, 5.74) is 7.61. The minimum atomic E-state index is 0.0646. The zero-order valence-electron chi connectivity index (χ0n) is 14.1. The topological polar surface area (TPSA) is 84.1 Å². The van der Waals surface area contributed by atoms with E-state index in [1.807, 2.05) is 36.4 Å². The smallest absolute Gasteiger partial charge is 0.165 e. The third kappa shape index (κ3) is 4.21. The molecule has 1 atom stereocenters. The Hall–Kier alpha value is -2.31. The summed E-state index contributed by atoms with van der Waals surface area (Å²) in [7, 11) is 0. The van der Waals surface area contributed by atoms with Gasteiger partial charge in [-0.15, -0.1) is 0 Å². The van der Waals surface area contributed by atoms with Crippen molar-refractivity contribution in [3.63, 3.8) is 0 Å². The molecule has 1 aromatic heterocycles. The van der Waals surface area contributed by atoms with Gasteiger partial charge in [0.1, 0.15) is 11.6 Å². The van der Waals surface area contributed by atoms with E-state index < -0.39 is 0 Å². The first-order valence-electron chi connectivity index (χ1n) is 8.22. The standard InChI is InChI=1S/C19H22N4OS/c1-25-11-10-13(20)12-21-18-14-6-2-4-8-16(14)22-19(23-18)15-7-3-5-9-17(15)24/h2-9,13,24H,10-12,20H2,1H3,(H,21,22,23)/t13-/m1/s1. The normalized spacial score (nSPS) is 12.2. The number of anilines is 1. The van der Waals surface area contributed by atoms with Gasteiger partial charge in [-0.1, -0.05) is 24.3 Å². The largest absolute Gasteiger partial charge is 0.507 e. The van der Waals surface area contributed by atoms with Crippen LogP contribution in [-0.4, -0.2) is 39.7 Å². The number of aromatic nitrogens is 2. The van der Waals surface area contributed by atoms with E-state index in [1.165, 1.54) is 0 Å². The zero-order chi connectivity index (χ0) is 17.6. The molecule has 3 aromatic rings. The molecule has 2 aromatic carbocycles. The molecule has 0 aliphatic heterocycles. The second kappa shape index (κ2) is 8.18. The Morgan fingerprint density at radius 2 is 1.88 bits per heavy atom. The fourth-order valence-corrected chi connectivity index (χ4v) is 3.13. The van der Waals surface area contributed by atoms with Crippen molar-refractivity contribution in [1.29, 1.82) is 0 Å². The molecule has 5 nitrogen and oxygen atoms in total. The first-order valence-corrected chi connectivity index (χ1v) is 9.62. The van der Waals surface area contributed by atoms with E-state index in [0.29, 0.717) is 17.9 Å². The molecule has 0 saturated carbocycles. The molecule has 6 heteroatoms. The Labute approximate surface area is 151 Å². The quantitative estimate of drug-likeness (QED) is 0.602. The Balaban J connectivity index is 1.95. The van der Waals surface area contributed by atoms with Gasteiger partial charge in [0.2, 0.25) is 0 Å². The van der Waals surface area contributed by atoms with Crippen LogP contribution in [0.15, 0.2) is 48.5 Å². The van der Waals surface area contributed by atoms with Gasteiger partial charge >= 0.3 is 0 Å². The highest BCUT2D eigenvalue weighted by molar-refractivity contribution is 7.98. The van der Waals surface area contributed by atoms with Crippen LogP contribution in [-0.2, 0) is 0 Å². The molecule has 3 rings (SSSR count). The minimum Gasteiger partial charge on any atom is -0.507 e. The maximum Gasteiger partial charge on any atom is 0.165 e. The summed E-state index contributed by atoms with van der Waals surface area (Å²) in [5.74, 6) is 2.44. The zero-order valence-corrected chi connectivity index (χ0v) is 15.0. The maximum atomic E-state index is 10.1. The number of para-hydroxylation sites is 2. The Bertz CT molecular complexity index is 856. The molecule has 0 fully saturated rings. The molecule has 0 amide bonds. The molecular formula is C19H22N4OS. The molecule has 0 radical (unpaired) electrons. The Kier molecular flexibility index (Phi) is 5.73. The van der Waals surface area contributed by atoms with E-state index >= 15 is 0 Å². The molecular weight excluding hydrogens is 332 g/mol. The highest BCUT2D eigenvalue weighted by Crippen LogP contribution is 2.29. The highest BCUT2D eigenvalue weighted by atomic mass is 32.2. The van der Waals surface area contributed by atoms with Crippen LogP contribution in [0, 0.1) is 0 Å². The first-order chi connectivity index (χ1) is 12.2. The van der Waals surface area contributed by atoms with Gasteiger partial charge in [-0.25, -0.2) is 9.97 Å². The fraction of sp³-hybridized carbons (Fsp3) is 0.263. The lowest BCUT2D eigenvalue weighted by atomic mass is 10.1. The molecule has 4 N–H and O–H groups in total. The molecule has 0 spiro atoms. The lowest BCUT2D eigenvalue weighted by Gasteiger charge is -2.15. The van der Waals surface area contributed by atoms with E-state index in [0.717, 1.165) is 28.9 Å². The number of nitrogens with two attached hydrogens (primary N) is 1. The second-order valence-electron chi connectivity index (χ2n) is 5.85. The Morgan fingerprint density at radius 3 is 2.68 bits per heavy atom. The van der Waals surface area contributed by atoms with Gasteiger partial charge in [0, 0.05) is 18.0 Å². The summed E-state index contributed by atoms with van der Waals surface area (Å²) >= 11 is 1.79. The van der Waals surface area contributed by atoms with Crippen LogP contribution in [0.25, 0.3) is 22.3 Å². The van der Waals surface area contributed by atoms with Crippen LogP contribution >= 0.6 is 11.8 Å². The van der Waals surface area contributed by atoms with Gasteiger partial charge in [0.25, 0.3) is 0 Å². The number of benzene rings is 2. The van der Waals surface area contributed by atoms with Crippen molar-refractivity contribution in [3.05, 3.63) is 48.5 Å². The number of phenols is 1. The molecule has 0 unspecified atom stereocenters. The van der Waals surface area contributed by atoms with E-state index in [9.17, 15) is 5.11 Å². The van der Waals surface area contributed by atoms with Gasteiger partial charge in [-0.05, 0) is 42.7 Å². The number of hydrogen-bond donors (Lipinski definition) is 3. The van der Waals surface area contributed by atoms with E-state index in [4.69, 9.17) is 5.73 Å². The monoisotopic (exact) mass is 354 g/mol. The lowest BCUT2D eigenvalue weighted by Crippen LogP contribution is -2.30. The number of nitrogens with zero attached hydrogens (tertiary/aromatic N) is 2. The van der Waals surface area contributed by atoms with Crippen LogP contribution < -0.4 is 11.1 Å². The van der Waals surface area contributed by atoms with E-state index in [1.54, 1.807) is 23.9 Å². The summed E-state index contributed by atoms with van der Waals surface area (Å²) < 4.78 is 0. The Morgan fingerprint density at radius 1 is 1.12 bits per heavy atom. The van der Waals surface area contributed by atoms with Crippen LogP contribution in [0.3, 0.4) is 0 Å². The lowest BCUT2D eigenvalue weighted by molar-refractivity contribution is 0.477. The van der Waals surface area contributed by atoms with Crippen LogP contribution in [0.4, 0.5) is 5.82 Å². The van der Waals surface area contributed by atoms with Crippen LogP contribution in [0.2, 0.25) is 0 Å². The second-order valence-corrected chi connectivity index (χ2v) is 6.84. The van der Waals surface area contributed by atoms with Gasteiger partial charge in [0.05, 0.1) is 11.1 Å². The number of phenolic OH excluding ortho intramolecular Hbond substituents is 1. The van der Waals surface area contributed by atoms with Gasteiger partial charge in [-0.2, -0.15) is 11.8 Å². The van der Waals surface area contributed by atoms with Crippen molar-refractivity contribution in [2.75, 3.05) is 23.9 Å². The van der Waals surface area contributed by atoms with Crippen molar-refractivity contribution < 1.29 is 5.11 Å². The third-order valence-electron chi connectivity index (χ3n) is 3.97. The van der Waals surface area contributed by atoms with E-state index in [2.05, 4.69) is 21.5 Å². The van der Waals surface area contributed by atoms with E-state index in [-0.39, 0.29) is 11.8 Å². The predicted molar refractivity (Wildman–Crippen MR) is 106 cm³/mol. The summed E-state index contributed by atoms with van der Waals surface area (Å²) in [5, 5.41) is 14.4. The molecule has 0 saturated heterocycles. The molecule has 0 aliphatic rings. The summed E-state index contributed by atoms with van der Waals surface area (Å²) in [6.45, 7) is 0.641. The number of fused-ring (bicyclic) bond motifs is 1. The van der Waals surface area contributed by atoms with Crippen molar-refractivity contribution >= 4 is 28.5 Å². The van der Waals surface area contributed by atoms with Crippen molar-refractivity contribution in [1.82, 2.24) is 9.97 Å². The minimum absolute atomic E-state index is 0.0646. The van der Waals surface area contributed by atoms with Gasteiger partial charge in [0.15, 0.2) is 5.82 Å². The third-order valence-corrected chi connectivity index (χ3v) is 4.62. The average molecular weight is 354 g/mol. The average Bonchev–Trinajstić information content (AvgIpc) is 2.64. The number of thioether (sulfide) groups is 1. The summed E-state index contributed by atoms with van der Waals surface area (Å²) in [6.07, 6.45) is 3.03. The molecule has 25 heavy (non-hydrogen) atoms. The molecule has 0 aliphatic carbocycles. The van der Waals surface area contributed by atoms with Gasteiger partial charge < -0.3 is 16.2 Å². The van der Waals surface area contributed by atoms with Gasteiger partial charge in [-0.3, -0.25) is 0 Å². The van der Waals surface area contributed by atoms with Crippen molar-refractivity contribution in [3.8, 4) is 17.1 Å². The number of aromatic hydroxyl groups is 1. The van der Waals surface area contributed by atoms with Crippen LogP contribution in [0.1, 0.15) is 6.42 Å². The number of rotatable bonds is 7. The molecule has 0 bridgehead atoms. The van der Waals surface area contributed by atoms with Crippen molar-refractivity contribution in [2.24, 2.45) is 5.73 Å². The number of nitrogens with one attached hydrogen (secondary N) is 1. The first kappa shape index (κ1) is 17.5. The summed E-state index contributed by atoms with van der Waals surface area (Å²) in [4.78, 5) is 9.24. The highest BCUT2D eigenvalue weighted by Gasteiger charge is 2.12. The maximum absolute atomic E-state index is 10.1. The van der Waals surface area contributed by atoms with Crippen molar-refractivity contribution in [2.45, 2.75) is 12.5 Å². The molecule has 130 valence electrons. The molecule has 1 heterocycles. The summed E-state index contributed by atoms with van der Waals surface area (Å²) in [6, 6.07) is 15.0. The van der Waals surface area contributed by atoms with Crippen LogP contribution in [0.5, 0.6) is 5.75 Å². The predicted octanol–water partition coefficient (Wildman–Crippen LogP) is 3.49. The fourth-order valence-electron chi connectivity index (χ4n) is 2.59.